The van der Waals surface area contributed by atoms with Gasteiger partial charge in [0.2, 0.25) is 0 Å². The molecule has 0 radical (unpaired) electrons. The second-order valence-corrected chi connectivity index (χ2v) is 7.66. The minimum Gasteiger partial charge on any atom is -0.497 e. The zero-order chi connectivity index (χ0) is 21.3. The Kier molecular flexibility index (Phi) is 5.62. The number of aliphatic hydroxyl groups excluding tert-OH is 1. The quantitative estimate of drug-likeness (QED) is 0.595. The molecule has 0 aliphatic carbocycles. The average molecular weight is 420 g/mol. The molecule has 3 N–H and O–H groups in total. The molecule has 0 unspecified atom stereocenters. The van der Waals surface area contributed by atoms with E-state index in [-0.39, 0.29) is 0 Å². The summed E-state index contributed by atoms with van der Waals surface area (Å²) in [6.07, 6.45) is -3.15. The minimum absolute atomic E-state index is 0.542. The van der Waals surface area contributed by atoms with Gasteiger partial charge in [0.15, 0.2) is 0 Å². The van der Waals surface area contributed by atoms with Gasteiger partial charge in [0.25, 0.3) is 0 Å². The van der Waals surface area contributed by atoms with Crippen molar-refractivity contribution in [2.24, 2.45) is 0 Å². The van der Waals surface area contributed by atoms with Crippen molar-refractivity contribution in [1.82, 2.24) is 4.98 Å². The molecule has 5 nitrogen and oxygen atoms in total. The Morgan fingerprint density at radius 2 is 1.93 bits per heavy atom. The molecule has 1 fully saturated rings. The molecule has 2 aromatic carbocycles. The van der Waals surface area contributed by atoms with Gasteiger partial charge in [-0.15, -0.1) is 0 Å². The number of nitrogens with zero attached hydrogens (tertiary/aromatic N) is 1. The second kappa shape index (κ2) is 8.20. The lowest BCUT2D eigenvalue weighted by Gasteiger charge is -2.34. The summed E-state index contributed by atoms with van der Waals surface area (Å²) in [7, 11) is 1.61. The Morgan fingerprint density at radius 3 is 2.63 bits per heavy atom. The smallest absolute Gasteiger partial charge is 0.416 e. The molecule has 2 heterocycles. The Balaban J connectivity index is 1.39. The van der Waals surface area contributed by atoms with Gasteiger partial charge in [-0.2, -0.15) is 13.2 Å². The van der Waals surface area contributed by atoms with Gasteiger partial charge >= 0.3 is 6.18 Å². The number of halogens is 3. The fraction of sp³-hybridized carbons (Fsp3) is 0.364. The van der Waals surface area contributed by atoms with Crippen molar-refractivity contribution in [3.05, 3.63) is 59.8 Å². The van der Waals surface area contributed by atoms with Gasteiger partial charge in [0, 0.05) is 28.4 Å². The number of methoxy groups -OCH3 is 1. The van der Waals surface area contributed by atoms with E-state index in [4.69, 9.17) is 4.74 Å². The van der Waals surface area contributed by atoms with Crippen LogP contribution in [-0.4, -0.2) is 49.9 Å². The first-order valence-electron chi connectivity index (χ1n) is 9.94. The topological polar surface area (TPSA) is 52.9 Å². The molecule has 8 heteroatoms. The highest BCUT2D eigenvalue weighted by atomic mass is 19.4. The number of hydrogen-bond donors (Lipinski definition) is 3. The molecule has 0 saturated carbocycles. The van der Waals surface area contributed by atoms with Crippen molar-refractivity contribution in [3.8, 4) is 5.75 Å². The van der Waals surface area contributed by atoms with E-state index in [1.807, 2.05) is 29.3 Å². The Bertz CT molecular complexity index is 1010. The van der Waals surface area contributed by atoms with Crippen LogP contribution >= 0.6 is 0 Å². The lowest BCUT2D eigenvalue weighted by molar-refractivity contribution is -0.904. The highest BCUT2D eigenvalue weighted by molar-refractivity contribution is 5.85. The lowest BCUT2D eigenvalue weighted by atomic mass is 10.1. The van der Waals surface area contributed by atoms with Crippen LogP contribution in [0.3, 0.4) is 0 Å². The van der Waals surface area contributed by atoms with E-state index in [2.05, 4.69) is 4.98 Å². The van der Waals surface area contributed by atoms with Gasteiger partial charge in [0.05, 0.1) is 38.9 Å². The molecule has 4 rings (SSSR count). The summed E-state index contributed by atoms with van der Waals surface area (Å²) < 4.78 is 44.2. The molecule has 1 aliphatic rings. The third-order valence-corrected chi connectivity index (χ3v) is 5.77. The molecule has 1 atom stereocenters. The predicted molar refractivity (Wildman–Crippen MR) is 109 cm³/mol. The first-order chi connectivity index (χ1) is 14.3. The molecule has 0 spiro atoms. The zero-order valence-corrected chi connectivity index (χ0v) is 16.7. The predicted octanol–water partition coefficient (Wildman–Crippen LogP) is 2.63. The monoisotopic (exact) mass is 420 g/mol. The summed E-state index contributed by atoms with van der Waals surface area (Å²) in [6, 6.07) is 11.2. The molecule has 30 heavy (non-hydrogen) atoms. The van der Waals surface area contributed by atoms with Crippen LogP contribution in [0.1, 0.15) is 17.2 Å². The average Bonchev–Trinajstić information content (AvgIpc) is 3.17. The summed E-state index contributed by atoms with van der Waals surface area (Å²) in [5.74, 6) is 0.734. The summed E-state index contributed by atoms with van der Waals surface area (Å²) in [6.45, 7) is 3.33. The third kappa shape index (κ3) is 4.24. The molecule has 160 valence electrons. The molecule has 1 aromatic heterocycles. The fourth-order valence-corrected chi connectivity index (χ4v) is 4.07. The number of aliphatic hydroxyl groups is 1. The van der Waals surface area contributed by atoms with Gasteiger partial charge in [-0.3, -0.25) is 0 Å². The maximum Gasteiger partial charge on any atom is 0.416 e. The van der Waals surface area contributed by atoms with Gasteiger partial charge in [-0.1, -0.05) is 6.07 Å². The number of aromatic nitrogens is 1. The molecule has 3 aromatic rings. The molecular weight excluding hydrogens is 395 g/mol. The van der Waals surface area contributed by atoms with E-state index < -0.39 is 17.8 Å². The summed E-state index contributed by atoms with van der Waals surface area (Å²) in [4.78, 5) is 6.38. The van der Waals surface area contributed by atoms with Gasteiger partial charge in [-0.25, -0.2) is 0 Å². The molecule has 0 bridgehead atoms. The maximum atomic E-state index is 13.0. The number of alkyl halides is 3. The highest BCUT2D eigenvalue weighted by Crippen LogP contribution is 2.31. The fourth-order valence-electron chi connectivity index (χ4n) is 4.07. The van der Waals surface area contributed by atoms with Crippen LogP contribution in [0.5, 0.6) is 5.75 Å². The molecule has 0 amide bonds. The lowest BCUT2D eigenvalue weighted by Crippen LogP contribution is -3.15. The number of nitrogens with one attached hydrogen (secondary N) is 2. The number of H-pyrrole nitrogens is 1. The van der Waals surface area contributed by atoms with Crippen molar-refractivity contribution < 1.29 is 27.9 Å². The number of aromatic amines is 1. The van der Waals surface area contributed by atoms with Crippen molar-refractivity contribution in [2.75, 3.05) is 44.7 Å². The van der Waals surface area contributed by atoms with Gasteiger partial charge < -0.3 is 24.6 Å². The van der Waals surface area contributed by atoms with Crippen LogP contribution in [0.4, 0.5) is 18.9 Å². The third-order valence-electron chi connectivity index (χ3n) is 5.77. The maximum absolute atomic E-state index is 13.0. The van der Waals surface area contributed by atoms with Crippen LogP contribution in [0.15, 0.2) is 48.7 Å². The summed E-state index contributed by atoms with van der Waals surface area (Å²) in [5, 5.41) is 11.7. The van der Waals surface area contributed by atoms with E-state index in [0.29, 0.717) is 25.3 Å². The van der Waals surface area contributed by atoms with Crippen molar-refractivity contribution in [3.63, 3.8) is 0 Å². The van der Waals surface area contributed by atoms with Gasteiger partial charge in [-0.05, 0) is 36.4 Å². The number of piperazine rings is 1. The van der Waals surface area contributed by atoms with Crippen LogP contribution in [0.2, 0.25) is 0 Å². The van der Waals surface area contributed by atoms with Crippen molar-refractivity contribution in [1.29, 1.82) is 0 Å². The number of anilines is 1. The first kappa shape index (κ1) is 20.6. The minimum atomic E-state index is -4.34. The van der Waals surface area contributed by atoms with E-state index in [1.54, 1.807) is 13.2 Å². The number of hydrogen-bond acceptors (Lipinski definition) is 3. The number of benzene rings is 2. The molecule has 1 saturated heterocycles. The molecular formula is C22H25F3N3O2+. The number of rotatable bonds is 5. The molecule has 1 aliphatic heterocycles. The first-order valence-corrected chi connectivity index (χ1v) is 9.94. The van der Waals surface area contributed by atoms with Crippen LogP contribution in [-0.2, 0) is 6.18 Å². The van der Waals surface area contributed by atoms with E-state index in [1.165, 1.54) is 17.0 Å². The number of fused-ring (bicyclic) bond motifs is 1. The Labute approximate surface area is 172 Å². The largest absolute Gasteiger partial charge is 0.497 e. The summed E-state index contributed by atoms with van der Waals surface area (Å²) >= 11 is 0. The number of quaternary nitrogens is 1. The Morgan fingerprint density at radius 1 is 1.17 bits per heavy atom. The van der Waals surface area contributed by atoms with Gasteiger partial charge in [0.1, 0.15) is 18.4 Å². The highest BCUT2D eigenvalue weighted by Gasteiger charge is 2.31. The zero-order valence-electron chi connectivity index (χ0n) is 16.7. The normalized spacial score (nSPS) is 16.8. The number of ether oxygens (including phenoxy) is 1. The van der Waals surface area contributed by atoms with E-state index in [0.717, 1.165) is 41.4 Å². The standard InChI is InChI=1S/C22H24F3N3O2/c1-30-17-5-6-20-18(12-17)19(13-26-20)21(29)14-27-7-9-28(10-8-27)16-4-2-3-15(11-16)22(23,24)25/h2-6,11-13,21,26,29H,7-10,14H2,1H3/p+1/t21-/m1/s1. The van der Waals surface area contributed by atoms with Crippen molar-refractivity contribution >= 4 is 16.6 Å². The van der Waals surface area contributed by atoms with Crippen LogP contribution < -0.4 is 14.5 Å². The van der Waals surface area contributed by atoms with E-state index >= 15 is 0 Å². The van der Waals surface area contributed by atoms with Crippen molar-refractivity contribution in [2.45, 2.75) is 12.3 Å². The SMILES string of the molecule is COc1ccc2[nH]cc([C@H](O)C[NH+]3CCN(c4cccc(C(F)(F)F)c4)CC3)c2c1. The van der Waals surface area contributed by atoms with E-state index in [9.17, 15) is 18.3 Å². The van der Waals surface area contributed by atoms with Crippen LogP contribution in [0.25, 0.3) is 10.9 Å². The van der Waals surface area contributed by atoms with Crippen LogP contribution in [0, 0.1) is 0 Å². The Hall–Kier alpha value is -2.71. The second-order valence-electron chi connectivity index (χ2n) is 7.66. The summed E-state index contributed by atoms with van der Waals surface area (Å²) in [5.41, 5.74) is 1.74.